The van der Waals surface area contributed by atoms with E-state index in [1.807, 2.05) is 18.2 Å². The molecule has 0 heterocycles. The Morgan fingerprint density at radius 2 is 1.77 bits per heavy atom. The summed E-state index contributed by atoms with van der Waals surface area (Å²) in [7, 11) is 1.38. The van der Waals surface area contributed by atoms with Gasteiger partial charge in [-0.1, -0.05) is 43.7 Å². The number of benzene rings is 2. The first-order valence-electron chi connectivity index (χ1n) is 7.42. The van der Waals surface area contributed by atoms with E-state index in [2.05, 4.69) is 37.6 Å². The van der Waals surface area contributed by atoms with Crippen molar-refractivity contribution in [1.82, 2.24) is 0 Å². The van der Waals surface area contributed by atoms with Crippen molar-refractivity contribution >= 4 is 5.97 Å². The lowest BCUT2D eigenvalue weighted by molar-refractivity contribution is 0.0600. The maximum absolute atomic E-state index is 11.4. The average Bonchev–Trinajstić information content (AvgIpc) is 2.53. The number of hydrogen-bond acceptors (Lipinski definition) is 3. The SMILES string of the molecule is COC(=O)c1ccc(COc2ccc(C)cc2C(C)C)cc1. The molecular formula is C19H22O3. The molecule has 0 saturated carbocycles. The molecule has 0 unspecified atom stereocenters. The molecule has 0 aliphatic heterocycles. The molecule has 0 N–H and O–H groups in total. The molecule has 0 bridgehead atoms. The van der Waals surface area contributed by atoms with Gasteiger partial charge in [-0.2, -0.15) is 0 Å². The number of methoxy groups -OCH3 is 1. The van der Waals surface area contributed by atoms with E-state index in [9.17, 15) is 4.79 Å². The lowest BCUT2D eigenvalue weighted by atomic mass is 10.00. The Balaban J connectivity index is 2.08. The first kappa shape index (κ1) is 16.1. The number of carbonyl (C=O) groups excluding carboxylic acids is 1. The monoisotopic (exact) mass is 298 g/mol. The molecule has 0 saturated heterocycles. The highest BCUT2D eigenvalue weighted by atomic mass is 16.5. The minimum atomic E-state index is -0.326. The van der Waals surface area contributed by atoms with E-state index < -0.39 is 0 Å². The topological polar surface area (TPSA) is 35.5 Å². The van der Waals surface area contributed by atoms with E-state index in [1.54, 1.807) is 12.1 Å². The highest BCUT2D eigenvalue weighted by Crippen LogP contribution is 2.28. The first-order chi connectivity index (χ1) is 10.5. The molecule has 0 fully saturated rings. The third-order valence-electron chi connectivity index (χ3n) is 3.56. The Labute approximate surface area is 131 Å². The smallest absolute Gasteiger partial charge is 0.337 e. The number of aryl methyl sites for hydroxylation is 1. The number of ether oxygens (including phenoxy) is 2. The van der Waals surface area contributed by atoms with Gasteiger partial charge in [0, 0.05) is 0 Å². The van der Waals surface area contributed by atoms with Gasteiger partial charge in [0.05, 0.1) is 12.7 Å². The van der Waals surface area contributed by atoms with Crippen molar-refractivity contribution in [3.05, 3.63) is 64.7 Å². The van der Waals surface area contributed by atoms with E-state index in [0.29, 0.717) is 18.1 Å². The predicted octanol–water partition coefficient (Wildman–Crippen LogP) is 4.48. The molecule has 0 radical (unpaired) electrons. The van der Waals surface area contributed by atoms with Crippen molar-refractivity contribution < 1.29 is 14.3 Å². The van der Waals surface area contributed by atoms with E-state index in [1.165, 1.54) is 18.2 Å². The van der Waals surface area contributed by atoms with Crippen molar-refractivity contribution in [3.63, 3.8) is 0 Å². The van der Waals surface area contributed by atoms with Crippen LogP contribution in [-0.4, -0.2) is 13.1 Å². The second-order valence-electron chi connectivity index (χ2n) is 5.67. The fourth-order valence-corrected chi connectivity index (χ4v) is 2.27. The van der Waals surface area contributed by atoms with Crippen LogP contribution in [0.5, 0.6) is 5.75 Å². The Morgan fingerprint density at radius 1 is 1.09 bits per heavy atom. The largest absolute Gasteiger partial charge is 0.489 e. The van der Waals surface area contributed by atoms with Crippen LogP contribution >= 0.6 is 0 Å². The third kappa shape index (κ3) is 3.88. The summed E-state index contributed by atoms with van der Waals surface area (Å²) < 4.78 is 10.6. The van der Waals surface area contributed by atoms with Gasteiger partial charge in [-0.15, -0.1) is 0 Å². The van der Waals surface area contributed by atoms with Gasteiger partial charge in [0.2, 0.25) is 0 Å². The van der Waals surface area contributed by atoms with E-state index in [4.69, 9.17) is 4.74 Å². The zero-order valence-corrected chi connectivity index (χ0v) is 13.6. The summed E-state index contributed by atoms with van der Waals surface area (Å²) in [6.07, 6.45) is 0. The molecule has 2 aromatic rings. The second-order valence-corrected chi connectivity index (χ2v) is 5.67. The van der Waals surface area contributed by atoms with Gasteiger partial charge in [0.1, 0.15) is 12.4 Å². The van der Waals surface area contributed by atoms with Crippen LogP contribution in [-0.2, 0) is 11.3 Å². The van der Waals surface area contributed by atoms with Crippen LogP contribution in [0.1, 0.15) is 46.8 Å². The quantitative estimate of drug-likeness (QED) is 0.763. The molecule has 0 spiro atoms. The van der Waals surface area contributed by atoms with Gasteiger partial charge in [0.25, 0.3) is 0 Å². The van der Waals surface area contributed by atoms with Crippen LogP contribution in [0.2, 0.25) is 0 Å². The molecular weight excluding hydrogens is 276 g/mol. The van der Waals surface area contributed by atoms with Crippen LogP contribution in [0.25, 0.3) is 0 Å². The molecule has 2 aromatic carbocycles. The van der Waals surface area contributed by atoms with Gasteiger partial charge < -0.3 is 9.47 Å². The Hall–Kier alpha value is -2.29. The molecule has 22 heavy (non-hydrogen) atoms. The fraction of sp³-hybridized carbons (Fsp3) is 0.316. The van der Waals surface area contributed by atoms with Crippen LogP contribution in [0.3, 0.4) is 0 Å². The molecule has 0 aromatic heterocycles. The molecule has 3 heteroatoms. The summed E-state index contributed by atoms with van der Waals surface area (Å²) >= 11 is 0. The molecule has 0 atom stereocenters. The molecule has 0 aliphatic rings. The second kappa shape index (κ2) is 7.12. The summed E-state index contributed by atoms with van der Waals surface area (Å²) in [5, 5.41) is 0. The van der Waals surface area contributed by atoms with Crippen molar-refractivity contribution in [1.29, 1.82) is 0 Å². The summed E-state index contributed by atoms with van der Waals surface area (Å²) in [5.41, 5.74) is 4.01. The van der Waals surface area contributed by atoms with Gasteiger partial charge >= 0.3 is 5.97 Å². The van der Waals surface area contributed by atoms with Crippen molar-refractivity contribution in [3.8, 4) is 5.75 Å². The molecule has 2 rings (SSSR count). The molecule has 3 nitrogen and oxygen atoms in total. The van der Waals surface area contributed by atoms with Crippen LogP contribution in [0, 0.1) is 6.92 Å². The standard InChI is InChI=1S/C19H22O3/c1-13(2)17-11-14(3)5-10-18(17)22-12-15-6-8-16(9-7-15)19(20)21-4/h5-11,13H,12H2,1-4H3. The summed E-state index contributed by atoms with van der Waals surface area (Å²) in [5.74, 6) is 1.00. The Bertz CT molecular complexity index is 642. The minimum Gasteiger partial charge on any atom is -0.489 e. The van der Waals surface area contributed by atoms with Crippen LogP contribution < -0.4 is 4.74 Å². The number of carbonyl (C=O) groups is 1. The van der Waals surface area contributed by atoms with E-state index >= 15 is 0 Å². The normalized spacial score (nSPS) is 10.6. The Kier molecular flexibility index (Phi) is 5.21. The van der Waals surface area contributed by atoms with Crippen LogP contribution in [0.15, 0.2) is 42.5 Å². The maximum Gasteiger partial charge on any atom is 0.337 e. The van der Waals surface area contributed by atoms with Gasteiger partial charge in [-0.3, -0.25) is 0 Å². The Morgan fingerprint density at radius 3 is 2.36 bits per heavy atom. The van der Waals surface area contributed by atoms with Crippen molar-refractivity contribution in [2.45, 2.75) is 33.3 Å². The van der Waals surface area contributed by atoms with Crippen molar-refractivity contribution in [2.24, 2.45) is 0 Å². The number of hydrogen-bond donors (Lipinski definition) is 0. The minimum absolute atomic E-state index is 0.326. The zero-order valence-electron chi connectivity index (χ0n) is 13.6. The van der Waals surface area contributed by atoms with Crippen LogP contribution in [0.4, 0.5) is 0 Å². The summed E-state index contributed by atoms with van der Waals surface area (Å²) in [4.78, 5) is 11.4. The average molecular weight is 298 g/mol. The lowest BCUT2D eigenvalue weighted by Gasteiger charge is -2.15. The zero-order chi connectivity index (χ0) is 16.1. The van der Waals surface area contributed by atoms with Gasteiger partial charge in [-0.05, 0) is 42.2 Å². The molecule has 0 amide bonds. The molecule has 0 aliphatic carbocycles. The summed E-state index contributed by atoms with van der Waals surface area (Å²) in [6, 6.07) is 13.5. The first-order valence-corrected chi connectivity index (χ1v) is 7.42. The van der Waals surface area contributed by atoms with Gasteiger partial charge in [-0.25, -0.2) is 4.79 Å². The summed E-state index contributed by atoms with van der Waals surface area (Å²) in [6.45, 7) is 6.88. The number of esters is 1. The van der Waals surface area contributed by atoms with Gasteiger partial charge in [0.15, 0.2) is 0 Å². The fourth-order valence-electron chi connectivity index (χ4n) is 2.27. The van der Waals surface area contributed by atoms with E-state index in [0.717, 1.165) is 11.3 Å². The lowest BCUT2D eigenvalue weighted by Crippen LogP contribution is -2.03. The third-order valence-corrected chi connectivity index (χ3v) is 3.56. The van der Waals surface area contributed by atoms with E-state index in [-0.39, 0.29) is 5.97 Å². The predicted molar refractivity (Wildman–Crippen MR) is 87.4 cm³/mol. The highest BCUT2D eigenvalue weighted by molar-refractivity contribution is 5.89. The maximum atomic E-state index is 11.4. The molecule has 116 valence electrons. The van der Waals surface area contributed by atoms with Crippen molar-refractivity contribution in [2.75, 3.05) is 7.11 Å². The highest BCUT2D eigenvalue weighted by Gasteiger charge is 2.09. The number of rotatable bonds is 5.